The van der Waals surface area contributed by atoms with Crippen molar-refractivity contribution in [3.63, 3.8) is 0 Å². The molecule has 2 fully saturated rings. The molecule has 0 unspecified atom stereocenters. The lowest BCUT2D eigenvalue weighted by atomic mass is 9.92. The lowest BCUT2D eigenvalue weighted by Crippen LogP contribution is -2.32. The van der Waals surface area contributed by atoms with Gasteiger partial charge < -0.3 is 5.11 Å². The van der Waals surface area contributed by atoms with Gasteiger partial charge in [0.15, 0.2) is 0 Å². The van der Waals surface area contributed by atoms with Crippen LogP contribution in [0.2, 0.25) is 0 Å². The second-order valence-corrected chi connectivity index (χ2v) is 4.99. The van der Waals surface area contributed by atoms with E-state index in [2.05, 4.69) is 11.8 Å². The molecule has 0 atom stereocenters. The highest BCUT2D eigenvalue weighted by atomic mass is 16.3. The Bertz CT molecular complexity index is 417. The zero-order valence-corrected chi connectivity index (χ0v) is 9.32. The zero-order valence-electron chi connectivity index (χ0n) is 9.32. The summed E-state index contributed by atoms with van der Waals surface area (Å²) in [6.07, 6.45) is 4.60. The van der Waals surface area contributed by atoms with Crippen LogP contribution in [0.3, 0.4) is 0 Å². The fourth-order valence-corrected chi connectivity index (χ4v) is 2.28. The first-order valence-electron chi connectivity index (χ1n) is 6.09. The van der Waals surface area contributed by atoms with Crippen molar-refractivity contribution in [3.05, 3.63) is 35.9 Å². The molecule has 0 bridgehead atoms. The van der Waals surface area contributed by atoms with Crippen molar-refractivity contribution in [3.8, 4) is 11.8 Å². The van der Waals surface area contributed by atoms with Gasteiger partial charge in [0.2, 0.25) is 0 Å². The van der Waals surface area contributed by atoms with Crippen LogP contribution in [0.15, 0.2) is 30.3 Å². The van der Waals surface area contributed by atoms with E-state index in [1.807, 2.05) is 30.3 Å². The SMILES string of the molecule is OC(C#Cc1ccccc1)(C1CC1)C1CC1. The maximum atomic E-state index is 10.6. The molecule has 0 radical (unpaired) electrons. The minimum absolute atomic E-state index is 0.441. The van der Waals surface area contributed by atoms with E-state index in [1.165, 1.54) is 0 Å². The monoisotopic (exact) mass is 212 g/mol. The molecule has 2 aliphatic rings. The zero-order chi connectivity index (χ0) is 11.0. The molecule has 0 heterocycles. The summed E-state index contributed by atoms with van der Waals surface area (Å²) in [5, 5.41) is 10.6. The van der Waals surface area contributed by atoms with Crippen LogP contribution in [-0.2, 0) is 0 Å². The van der Waals surface area contributed by atoms with Crippen LogP contribution >= 0.6 is 0 Å². The summed E-state index contributed by atoms with van der Waals surface area (Å²) in [4.78, 5) is 0. The maximum Gasteiger partial charge on any atom is 0.131 e. The molecule has 0 amide bonds. The standard InChI is InChI=1S/C15H16O/c16-15(13-6-7-13,14-8-9-14)11-10-12-4-2-1-3-5-12/h1-5,13-14,16H,6-9H2. The molecule has 1 aromatic rings. The molecule has 1 heteroatoms. The molecular weight excluding hydrogens is 196 g/mol. The van der Waals surface area contributed by atoms with Gasteiger partial charge in [-0.3, -0.25) is 0 Å². The van der Waals surface area contributed by atoms with Gasteiger partial charge >= 0.3 is 0 Å². The van der Waals surface area contributed by atoms with E-state index in [0.29, 0.717) is 11.8 Å². The number of rotatable bonds is 2. The second-order valence-electron chi connectivity index (χ2n) is 4.99. The van der Waals surface area contributed by atoms with Gasteiger partial charge in [-0.25, -0.2) is 0 Å². The molecule has 82 valence electrons. The van der Waals surface area contributed by atoms with Crippen LogP contribution in [0.1, 0.15) is 31.2 Å². The van der Waals surface area contributed by atoms with E-state index in [1.54, 1.807) is 0 Å². The van der Waals surface area contributed by atoms with E-state index in [9.17, 15) is 5.11 Å². The molecule has 1 nitrogen and oxygen atoms in total. The van der Waals surface area contributed by atoms with E-state index < -0.39 is 5.60 Å². The fourth-order valence-electron chi connectivity index (χ4n) is 2.28. The second kappa shape index (κ2) is 3.64. The van der Waals surface area contributed by atoms with E-state index in [0.717, 1.165) is 31.2 Å². The number of benzene rings is 1. The van der Waals surface area contributed by atoms with Crippen molar-refractivity contribution in [2.45, 2.75) is 31.3 Å². The van der Waals surface area contributed by atoms with Gasteiger partial charge in [-0.15, -0.1) is 0 Å². The van der Waals surface area contributed by atoms with Crippen molar-refractivity contribution in [2.24, 2.45) is 11.8 Å². The lowest BCUT2D eigenvalue weighted by molar-refractivity contribution is 0.0547. The maximum absolute atomic E-state index is 10.6. The van der Waals surface area contributed by atoms with E-state index in [4.69, 9.17) is 0 Å². The first-order chi connectivity index (χ1) is 7.79. The van der Waals surface area contributed by atoms with Crippen molar-refractivity contribution in [2.75, 3.05) is 0 Å². The van der Waals surface area contributed by atoms with Crippen LogP contribution < -0.4 is 0 Å². The van der Waals surface area contributed by atoms with Crippen molar-refractivity contribution in [1.82, 2.24) is 0 Å². The van der Waals surface area contributed by atoms with Gasteiger partial charge in [-0.05, 0) is 49.7 Å². The molecule has 1 aromatic carbocycles. The van der Waals surface area contributed by atoms with Gasteiger partial charge in [-0.2, -0.15) is 0 Å². The third-order valence-electron chi connectivity index (χ3n) is 3.58. The largest absolute Gasteiger partial charge is 0.377 e. The quantitative estimate of drug-likeness (QED) is 0.747. The molecule has 0 spiro atoms. The highest BCUT2D eigenvalue weighted by Gasteiger charge is 2.52. The summed E-state index contributed by atoms with van der Waals surface area (Å²) >= 11 is 0. The third kappa shape index (κ3) is 1.86. The van der Waals surface area contributed by atoms with Crippen LogP contribution in [0.4, 0.5) is 0 Å². The summed E-state index contributed by atoms with van der Waals surface area (Å²) in [5.74, 6) is 7.15. The highest BCUT2D eigenvalue weighted by molar-refractivity contribution is 5.37. The fraction of sp³-hybridized carbons (Fsp3) is 0.467. The van der Waals surface area contributed by atoms with Crippen molar-refractivity contribution in [1.29, 1.82) is 0 Å². The number of hydrogen-bond acceptors (Lipinski definition) is 1. The van der Waals surface area contributed by atoms with E-state index in [-0.39, 0.29) is 0 Å². The first-order valence-corrected chi connectivity index (χ1v) is 6.09. The third-order valence-corrected chi connectivity index (χ3v) is 3.58. The Morgan fingerprint density at radius 2 is 1.56 bits per heavy atom. The predicted octanol–water partition coefficient (Wildman–Crippen LogP) is 2.59. The Kier molecular flexibility index (Phi) is 2.26. The van der Waals surface area contributed by atoms with Gasteiger partial charge in [-0.1, -0.05) is 30.0 Å². The first kappa shape index (κ1) is 9.93. The van der Waals surface area contributed by atoms with Gasteiger partial charge in [0, 0.05) is 5.56 Å². The van der Waals surface area contributed by atoms with Crippen LogP contribution in [-0.4, -0.2) is 10.7 Å². The molecule has 1 N–H and O–H groups in total. The smallest absolute Gasteiger partial charge is 0.131 e. The van der Waals surface area contributed by atoms with Gasteiger partial charge in [0.1, 0.15) is 5.60 Å². The average molecular weight is 212 g/mol. The Hall–Kier alpha value is -1.26. The van der Waals surface area contributed by atoms with Gasteiger partial charge in [0.25, 0.3) is 0 Å². The van der Waals surface area contributed by atoms with Crippen LogP contribution in [0, 0.1) is 23.7 Å². The number of aliphatic hydroxyl groups is 1. The summed E-state index contributed by atoms with van der Waals surface area (Å²) in [6.45, 7) is 0. The van der Waals surface area contributed by atoms with Crippen molar-refractivity contribution < 1.29 is 5.11 Å². The molecular formula is C15H16O. The molecule has 2 saturated carbocycles. The van der Waals surface area contributed by atoms with Crippen LogP contribution in [0.5, 0.6) is 0 Å². The summed E-state index contributed by atoms with van der Waals surface area (Å²) in [7, 11) is 0. The molecule has 16 heavy (non-hydrogen) atoms. The Labute approximate surface area is 96.5 Å². The molecule has 0 aliphatic heterocycles. The highest BCUT2D eigenvalue weighted by Crippen LogP contribution is 2.51. The molecule has 0 saturated heterocycles. The van der Waals surface area contributed by atoms with Crippen molar-refractivity contribution >= 4 is 0 Å². The summed E-state index contributed by atoms with van der Waals surface area (Å²) < 4.78 is 0. The molecule has 3 rings (SSSR count). The summed E-state index contributed by atoms with van der Waals surface area (Å²) in [5.41, 5.74) is 0.317. The Morgan fingerprint density at radius 3 is 2.06 bits per heavy atom. The summed E-state index contributed by atoms with van der Waals surface area (Å²) in [6, 6.07) is 9.94. The molecule has 2 aliphatic carbocycles. The Morgan fingerprint density at radius 1 is 1.00 bits per heavy atom. The van der Waals surface area contributed by atoms with E-state index >= 15 is 0 Å². The lowest BCUT2D eigenvalue weighted by Gasteiger charge is -2.21. The minimum Gasteiger partial charge on any atom is -0.377 e. The minimum atomic E-state index is -0.685. The van der Waals surface area contributed by atoms with Gasteiger partial charge in [0.05, 0.1) is 0 Å². The average Bonchev–Trinajstić information content (AvgIpc) is 3.20. The normalized spacial score (nSPS) is 20.1. The predicted molar refractivity (Wildman–Crippen MR) is 63.7 cm³/mol. The topological polar surface area (TPSA) is 20.2 Å². The van der Waals surface area contributed by atoms with Crippen LogP contribution in [0.25, 0.3) is 0 Å². The Balaban J connectivity index is 1.84. The number of hydrogen-bond donors (Lipinski definition) is 1. The molecule has 0 aromatic heterocycles.